The normalized spacial score (nSPS) is 22.4. The maximum atomic E-state index is 13.1. The minimum atomic E-state index is -0.900. The predicted octanol–water partition coefficient (Wildman–Crippen LogP) is 3.12. The summed E-state index contributed by atoms with van der Waals surface area (Å²) in [6, 6.07) is 3.59. The molecular weight excluding hydrogens is 248 g/mol. The highest BCUT2D eigenvalue weighted by molar-refractivity contribution is 5.19. The third-order valence-electron chi connectivity index (χ3n) is 3.79. The van der Waals surface area contributed by atoms with Gasteiger partial charge in [-0.2, -0.15) is 0 Å². The molecule has 0 radical (unpaired) electrons. The number of aliphatic hydroxyl groups excluding tert-OH is 1. The fourth-order valence-corrected chi connectivity index (χ4v) is 2.68. The van der Waals surface area contributed by atoms with E-state index in [0.29, 0.717) is 17.9 Å². The Hall–Kier alpha value is -1.00. The van der Waals surface area contributed by atoms with Crippen molar-refractivity contribution in [2.75, 3.05) is 19.6 Å². The van der Waals surface area contributed by atoms with Crippen LogP contribution in [0.3, 0.4) is 0 Å². The zero-order valence-electron chi connectivity index (χ0n) is 11.3. The molecule has 4 heteroatoms. The predicted molar refractivity (Wildman–Crippen MR) is 70.8 cm³/mol. The number of hydrogen-bond acceptors (Lipinski definition) is 2. The fraction of sp³-hybridized carbons (Fsp3) is 0.600. The first kappa shape index (κ1) is 14.4. The van der Waals surface area contributed by atoms with Crippen LogP contribution in [0, 0.1) is 17.6 Å². The summed E-state index contributed by atoms with van der Waals surface area (Å²) in [6.45, 7) is 5.15. The molecule has 0 saturated carbocycles. The number of aliphatic hydroxyl groups is 1. The van der Waals surface area contributed by atoms with Gasteiger partial charge in [0.2, 0.25) is 0 Å². The molecule has 1 aromatic carbocycles. The average Bonchev–Trinajstić information content (AvgIpc) is 2.39. The summed E-state index contributed by atoms with van der Waals surface area (Å²) in [5.41, 5.74) is 0.448. The van der Waals surface area contributed by atoms with Gasteiger partial charge in [-0.05, 0) is 49.4 Å². The largest absolute Gasteiger partial charge is 0.388 e. The Morgan fingerprint density at radius 1 is 1.37 bits per heavy atom. The number of piperidine rings is 1. The van der Waals surface area contributed by atoms with E-state index in [1.54, 1.807) is 0 Å². The average molecular weight is 269 g/mol. The van der Waals surface area contributed by atoms with Gasteiger partial charge in [0.15, 0.2) is 11.6 Å². The second kappa shape index (κ2) is 6.44. The molecule has 0 bridgehead atoms. The van der Waals surface area contributed by atoms with E-state index < -0.39 is 17.7 Å². The Morgan fingerprint density at radius 3 is 2.84 bits per heavy atom. The first-order valence-electron chi connectivity index (χ1n) is 6.91. The second-order valence-corrected chi connectivity index (χ2v) is 5.53. The van der Waals surface area contributed by atoms with Crippen LogP contribution in [-0.2, 0) is 0 Å². The molecule has 1 fully saturated rings. The highest BCUT2D eigenvalue weighted by Crippen LogP contribution is 2.21. The Bertz CT molecular complexity index is 425. The first-order chi connectivity index (χ1) is 9.06. The Morgan fingerprint density at radius 2 is 2.16 bits per heavy atom. The maximum absolute atomic E-state index is 13.1. The van der Waals surface area contributed by atoms with Gasteiger partial charge in [-0.1, -0.05) is 13.0 Å². The van der Waals surface area contributed by atoms with Gasteiger partial charge in [0.1, 0.15) is 0 Å². The van der Waals surface area contributed by atoms with Crippen LogP contribution in [-0.4, -0.2) is 29.6 Å². The third-order valence-corrected chi connectivity index (χ3v) is 3.79. The van der Waals surface area contributed by atoms with E-state index in [0.717, 1.165) is 31.8 Å². The van der Waals surface area contributed by atoms with Crippen molar-refractivity contribution in [2.24, 2.45) is 5.92 Å². The van der Waals surface area contributed by atoms with Gasteiger partial charge in [0.25, 0.3) is 0 Å². The summed E-state index contributed by atoms with van der Waals surface area (Å²) >= 11 is 0. The molecular formula is C15H21F2NO. The van der Waals surface area contributed by atoms with Crippen molar-refractivity contribution >= 4 is 0 Å². The number of nitrogens with zero attached hydrogens (tertiary/aromatic N) is 1. The lowest BCUT2D eigenvalue weighted by atomic mass is 9.99. The summed E-state index contributed by atoms with van der Waals surface area (Å²) in [6.07, 6.45) is 2.29. The minimum absolute atomic E-state index is 0.448. The van der Waals surface area contributed by atoms with Crippen LogP contribution >= 0.6 is 0 Å². The van der Waals surface area contributed by atoms with Crippen molar-refractivity contribution < 1.29 is 13.9 Å². The zero-order valence-corrected chi connectivity index (χ0v) is 11.3. The number of hydrogen-bond donors (Lipinski definition) is 1. The molecule has 1 aromatic rings. The lowest BCUT2D eigenvalue weighted by Gasteiger charge is -2.31. The summed E-state index contributed by atoms with van der Waals surface area (Å²) in [7, 11) is 0. The molecule has 0 aliphatic carbocycles. The summed E-state index contributed by atoms with van der Waals surface area (Å²) < 4.78 is 25.9. The highest BCUT2D eigenvalue weighted by Gasteiger charge is 2.18. The topological polar surface area (TPSA) is 23.5 Å². The molecule has 0 aromatic heterocycles. The molecule has 2 atom stereocenters. The van der Waals surface area contributed by atoms with E-state index in [-0.39, 0.29) is 0 Å². The van der Waals surface area contributed by atoms with Crippen LogP contribution in [0.15, 0.2) is 18.2 Å². The smallest absolute Gasteiger partial charge is 0.159 e. The van der Waals surface area contributed by atoms with Crippen molar-refractivity contribution in [2.45, 2.75) is 32.3 Å². The van der Waals surface area contributed by atoms with Crippen LogP contribution in [0.4, 0.5) is 8.78 Å². The van der Waals surface area contributed by atoms with Gasteiger partial charge in [-0.15, -0.1) is 0 Å². The van der Waals surface area contributed by atoms with Gasteiger partial charge in [-0.25, -0.2) is 8.78 Å². The molecule has 0 amide bonds. The standard InChI is InChI=1S/C15H21F2NO/c1-11-3-2-7-18(10-11)8-6-15(19)12-4-5-13(16)14(17)9-12/h4-5,9,11,15,19H,2-3,6-8,10H2,1H3. The molecule has 0 spiro atoms. The van der Waals surface area contributed by atoms with Crippen molar-refractivity contribution in [1.82, 2.24) is 4.90 Å². The van der Waals surface area contributed by atoms with Gasteiger partial charge in [0, 0.05) is 13.1 Å². The lowest BCUT2D eigenvalue weighted by Crippen LogP contribution is -2.35. The molecule has 19 heavy (non-hydrogen) atoms. The van der Waals surface area contributed by atoms with Crippen LogP contribution in [0.2, 0.25) is 0 Å². The molecule has 1 aliphatic rings. The summed E-state index contributed by atoms with van der Waals surface area (Å²) in [5, 5.41) is 10.0. The van der Waals surface area contributed by atoms with Crippen molar-refractivity contribution in [3.8, 4) is 0 Å². The molecule has 2 nitrogen and oxygen atoms in total. The SMILES string of the molecule is CC1CCCN(CCC(O)c2ccc(F)c(F)c2)C1. The third kappa shape index (κ3) is 3.98. The van der Waals surface area contributed by atoms with Crippen LogP contribution < -0.4 is 0 Å². The molecule has 2 rings (SSSR count). The number of benzene rings is 1. The molecule has 1 saturated heterocycles. The number of rotatable bonds is 4. The molecule has 106 valence electrons. The zero-order chi connectivity index (χ0) is 13.8. The van der Waals surface area contributed by atoms with Crippen LogP contribution in [0.5, 0.6) is 0 Å². The van der Waals surface area contributed by atoms with E-state index in [2.05, 4.69) is 11.8 Å². The first-order valence-corrected chi connectivity index (χ1v) is 6.91. The van der Waals surface area contributed by atoms with E-state index >= 15 is 0 Å². The second-order valence-electron chi connectivity index (χ2n) is 5.53. The maximum Gasteiger partial charge on any atom is 0.159 e. The van der Waals surface area contributed by atoms with Crippen molar-refractivity contribution in [3.63, 3.8) is 0 Å². The van der Waals surface area contributed by atoms with Crippen LogP contribution in [0.1, 0.15) is 37.9 Å². The van der Waals surface area contributed by atoms with Crippen molar-refractivity contribution in [3.05, 3.63) is 35.4 Å². The van der Waals surface area contributed by atoms with E-state index in [1.807, 2.05) is 0 Å². The van der Waals surface area contributed by atoms with Crippen molar-refractivity contribution in [1.29, 1.82) is 0 Å². The Balaban J connectivity index is 1.86. The molecule has 2 unspecified atom stereocenters. The number of likely N-dealkylation sites (tertiary alicyclic amines) is 1. The van der Waals surface area contributed by atoms with Crippen LogP contribution in [0.25, 0.3) is 0 Å². The van der Waals surface area contributed by atoms with Gasteiger partial charge in [-0.3, -0.25) is 0 Å². The molecule has 1 heterocycles. The van der Waals surface area contributed by atoms with E-state index in [9.17, 15) is 13.9 Å². The fourth-order valence-electron chi connectivity index (χ4n) is 2.68. The summed E-state index contributed by atoms with van der Waals surface area (Å²) in [4.78, 5) is 2.33. The summed E-state index contributed by atoms with van der Waals surface area (Å²) in [5.74, 6) is -1.07. The lowest BCUT2D eigenvalue weighted by molar-refractivity contribution is 0.121. The molecule has 1 aliphatic heterocycles. The van der Waals surface area contributed by atoms with E-state index in [4.69, 9.17) is 0 Å². The Labute approximate surface area is 113 Å². The number of halogens is 2. The van der Waals surface area contributed by atoms with Gasteiger partial charge < -0.3 is 10.0 Å². The Kier molecular flexibility index (Phi) is 4.88. The van der Waals surface area contributed by atoms with Gasteiger partial charge in [0.05, 0.1) is 6.10 Å². The molecule has 1 N–H and O–H groups in total. The van der Waals surface area contributed by atoms with E-state index in [1.165, 1.54) is 18.9 Å². The quantitative estimate of drug-likeness (QED) is 0.907. The van der Waals surface area contributed by atoms with Gasteiger partial charge >= 0.3 is 0 Å². The minimum Gasteiger partial charge on any atom is -0.388 e. The monoisotopic (exact) mass is 269 g/mol. The highest BCUT2D eigenvalue weighted by atomic mass is 19.2.